The van der Waals surface area contributed by atoms with Gasteiger partial charge in [0.05, 0.1) is 5.56 Å². The maximum atomic E-state index is 13.2. The molecule has 0 radical (unpaired) electrons. The monoisotopic (exact) mass is 274 g/mol. The third kappa shape index (κ3) is 3.11. The fraction of sp³-hybridized carbons (Fsp3) is 0.133. The van der Waals surface area contributed by atoms with E-state index in [0.29, 0.717) is 16.9 Å². The van der Waals surface area contributed by atoms with Crippen molar-refractivity contribution in [3.63, 3.8) is 0 Å². The van der Waals surface area contributed by atoms with Gasteiger partial charge in [0.1, 0.15) is 30.1 Å². The molecule has 0 saturated carbocycles. The molecule has 0 aromatic heterocycles. The Morgan fingerprint density at radius 1 is 1.15 bits per heavy atom. The zero-order valence-electron chi connectivity index (χ0n) is 10.6. The molecule has 20 heavy (non-hydrogen) atoms. The second-order valence-electron chi connectivity index (χ2n) is 4.17. The number of ether oxygens (including phenoxy) is 1. The Kier molecular flexibility index (Phi) is 4.28. The molecule has 0 saturated heterocycles. The lowest BCUT2D eigenvalue weighted by atomic mass is 10.1. The van der Waals surface area contributed by atoms with Crippen LogP contribution in [0.5, 0.6) is 5.75 Å². The molecule has 0 spiro atoms. The Bertz CT molecular complexity index is 665. The molecule has 0 unspecified atom stereocenters. The highest BCUT2D eigenvalue weighted by molar-refractivity contribution is 5.36. The molecule has 0 bridgehead atoms. The number of benzene rings is 2. The zero-order chi connectivity index (χ0) is 14.5. The number of nitriles is 1. The van der Waals surface area contributed by atoms with Crippen LogP contribution in [-0.4, -0.2) is 0 Å². The van der Waals surface area contributed by atoms with Crippen LogP contribution in [0.25, 0.3) is 0 Å². The first kappa shape index (κ1) is 14.0. The van der Waals surface area contributed by atoms with Gasteiger partial charge < -0.3 is 10.5 Å². The quantitative estimate of drug-likeness (QED) is 0.932. The van der Waals surface area contributed by atoms with E-state index in [1.165, 1.54) is 36.4 Å². The maximum Gasteiger partial charge on any atom is 0.140 e. The summed E-state index contributed by atoms with van der Waals surface area (Å²) in [5, 5.41) is 8.75. The van der Waals surface area contributed by atoms with Crippen molar-refractivity contribution in [2.45, 2.75) is 13.2 Å². The molecule has 0 atom stereocenters. The van der Waals surface area contributed by atoms with Gasteiger partial charge in [0.2, 0.25) is 0 Å². The van der Waals surface area contributed by atoms with Gasteiger partial charge in [0, 0.05) is 12.1 Å². The Morgan fingerprint density at radius 2 is 1.95 bits per heavy atom. The summed E-state index contributed by atoms with van der Waals surface area (Å²) in [5.41, 5.74) is 6.67. The summed E-state index contributed by atoms with van der Waals surface area (Å²) in [5.74, 6) is -0.483. The lowest BCUT2D eigenvalue weighted by Gasteiger charge is -2.10. The molecule has 0 aliphatic rings. The molecule has 0 fully saturated rings. The molecule has 0 aliphatic carbocycles. The van der Waals surface area contributed by atoms with Crippen LogP contribution in [0.15, 0.2) is 36.4 Å². The van der Waals surface area contributed by atoms with E-state index < -0.39 is 5.82 Å². The van der Waals surface area contributed by atoms with Gasteiger partial charge in [-0.05, 0) is 35.9 Å². The smallest absolute Gasteiger partial charge is 0.140 e. The zero-order valence-corrected chi connectivity index (χ0v) is 10.6. The van der Waals surface area contributed by atoms with E-state index in [0.717, 1.165) is 0 Å². The summed E-state index contributed by atoms with van der Waals surface area (Å²) < 4.78 is 31.8. The Morgan fingerprint density at radius 3 is 2.65 bits per heavy atom. The Labute approximate surface area is 115 Å². The molecule has 5 heteroatoms. The van der Waals surface area contributed by atoms with E-state index in [9.17, 15) is 8.78 Å². The first-order valence-electron chi connectivity index (χ1n) is 5.94. The van der Waals surface area contributed by atoms with Crippen molar-refractivity contribution in [3.8, 4) is 11.8 Å². The van der Waals surface area contributed by atoms with Crippen molar-refractivity contribution in [2.24, 2.45) is 5.73 Å². The summed E-state index contributed by atoms with van der Waals surface area (Å²) in [6.07, 6.45) is 0. The summed E-state index contributed by atoms with van der Waals surface area (Å²) in [6, 6.07) is 10.0. The van der Waals surface area contributed by atoms with Crippen LogP contribution in [0.1, 0.15) is 16.7 Å². The van der Waals surface area contributed by atoms with E-state index in [2.05, 4.69) is 0 Å². The molecule has 0 aliphatic heterocycles. The first-order chi connectivity index (χ1) is 9.63. The van der Waals surface area contributed by atoms with Crippen LogP contribution in [0, 0.1) is 23.0 Å². The van der Waals surface area contributed by atoms with E-state index in [1.807, 2.05) is 0 Å². The fourth-order valence-electron chi connectivity index (χ4n) is 1.76. The number of halogens is 2. The molecule has 2 aromatic carbocycles. The topological polar surface area (TPSA) is 59.0 Å². The van der Waals surface area contributed by atoms with Crippen molar-refractivity contribution in [1.82, 2.24) is 0 Å². The highest BCUT2D eigenvalue weighted by atomic mass is 19.1. The van der Waals surface area contributed by atoms with Crippen molar-refractivity contribution < 1.29 is 13.5 Å². The van der Waals surface area contributed by atoms with E-state index in [-0.39, 0.29) is 24.5 Å². The van der Waals surface area contributed by atoms with E-state index in [4.69, 9.17) is 15.7 Å². The number of nitrogens with zero attached hydrogens (tertiary/aromatic N) is 1. The number of hydrogen-bond acceptors (Lipinski definition) is 3. The van der Waals surface area contributed by atoms with Gasteiger partial charge >= 0.3 is 0 Å². The predicted octanol–water partition coefficient (Wildman–Crippen LogP) is 2.87. The SMILES string of the molecule is N#Cc1cc(COc2ccc(F)cc2CN)ccc1F. The van der Waals surface area contributed by atoms with Gasteiger partial charge in [0.25, 0.3) is 0 Å². The molecule has 102 valence electrons. The number of rotatable bonds is 4. The standard InChI is InChI=1S/C15H12F2N2O/c16-13-2-4-15(12(6-13)8-19)20-9-10-1-3-14(17)11(5-10)7-18/h1-6H,8-9,19H2. The minimum absolute atomic E-state index is 0.0377. The van der Waals surface area contributed by atoms with Crippen LogP contribution < -0.4 is 10.5 Å². The highest BCUT2D eigenvalue weighted by Gasteiger charge is 2.06. The van der Waals surface area contributed by atoms with Crippen LogP contribution in [0.2, 0.25) is 0 Å². The third-order valence-corrected chi connectivity index (χ3v) is 2.79. The highest BCUT2D eigenvalue weighted by Crippen LogP contribution is 2.21. The van der Waals surface area contributed by atoms with Crippen LogP contribution in [0.3, 0.4) is 0 Å². The fourth-order valence-corrected chi connectivity index (χ4v) is 1.76. The molecule has 2 aromatic rings. The minimum atomic E-state index is -0.569. The van der Waals surface area contributed by atoms with E-state index in [1.54, 1.807) is 6.07 Å². The number of hydrogen-bond donors (Lipinski definition) is 1. The van der Waals surface area contributed by atoms with Crippen molar-refractivity contribution in [2.75, 3.05) is 0 Å². The van der Waals surface area contributed by atoms with Gasteiger partial charge in [-0.1, -0.05) is 6.07 Å². The predicted molar refractivity (Wildman–Crippen MR) is 69.7 cm³/mol. The molecule has 0 heterocycles. The van der Waals surface area contributed by atoms with Gasteiger partial charge in [-0.2, -0.15) is 5.26 Å². The van der Waals surface area contributed by atoms with Crippen molar-refractivity contribution in [1.29, 1.82) is 5.26 Å². The first-order valence-corrected chi connectivity index (χ1v) is 5.94. The average Bonchev–Trinajstić information content (AvgIpc) is 2.47. The molecule has 3 nitrogen and oxygen atoms in total. The largest absolute Gasteiger partial charge is 0.489 e. The summed E-state index contributed by atoms with van der Waals surface area (Å²) in [4.78, 5) is 0. The summed E-state index contributed by atoms with van der Waals surface area (Å²) in [7, 11) is 0. The Hall–Kier alpha value is -2.45. The summed E-state index contributed by atoms with van der Waals surface area (Å²) >= 11 is 0. The second kappa shape index (κ2) is 6.13. The lowest BCUT2D eigenvalue weighted by Crippen LogP contribution is -2.03. The maximum absolute atomic E-state index is 13.2. The molecular weight excluding hydrogens is 262 g/mol. The minimum Gasteiger partial charge on any atom is -0.489 e. The average molecular weight is 274 g/mol. The lowest BCUT2D eigenvalue weighted by molar-refractivity contribution is 0.302. The summed E-state index contributed by atoms with van der Waals surface area (Å²) in [6.45, 7) is 0.299. The van der Waals surface area contributed by atoms with Crippen LogP contribution in [-0.2, 0) is 13.2 Å². The van der Waals surface area contributed by atoms with Gasteiger partial charge in [-0.25, -0.2) is 8.78 Å². The van der Waals surface area contributed by atoms with Gasteiger partial charge in [-0.3, -0.25) is 0 Å². The van der Waals surface area contributed by atoms with Gasteiger partial charge in [0.15, 0.2) is 0 Å². The molecule has 2 N–H and O–H groups in total. The van der Waals surface area contributed by atoms with Crippen LogP contribution >= 0.6 is 0 Å². The van der Waals surface area contributed by atoms with Gasteiger partial charge in [-0.15, -0.1) is 0 Å². The normalized spacial score (nSPS) is 10.1. The molecular formula is C15H12F2N2O. The third-order valence-electron chi connectivity index (χ3n) is 2.79. The van der Waals surface area contributed by atoms with E-state index >= 15 is 0 Å². The Balaban J connectivity index is 2.15. The molecule has 2 rings (SSSR count). The van der Waals surface area contributed by atoms with Crippen LogP contribution in [0.4, 0.5) is 8.78 Å². The van der Waals surface area contributed by atoms with Crippen molar-refractivity contribution in [3.05, 3.63) is 64.7 Å². The second-order valence-corrected chi connectivity index (χ2v) is 4.17. The number of nitrogens with two attached hydrogens (primary N) is 1. The van der Waals surface area contributed by atoms with Crippen molar-refractivity contribution >= 4 is 0 Å². The molecule has 0 amide bonds.